The first-order valence-electron chi connectivity index (χ1n) is 7.39. The summed E-state index contributed by atoms with van der Waals surface area (Å²) in [7, 11) is 1.47. The van der Waals surface area contributed by atoms with E-state index in [9.17, 15) is 9.59 Å². The molecule has 1 heterocycles. The fourth-order valence-corrected chi connectivity index (χ4v) is 1.95. The van der Waals surface area contributed by atoms with Gasteiger partial charge in [-0.3, -0.25) is 14.3 Å². The van der Waals surface area contributed by atoms with Crippen molar-refractivity contribution in [2.45, 2.75) is 13.5 Å². The Morgan fingerprint density at radius 1 is 1.36 bits per heavy atom. The highest BCUT2D eigenvalue weighted by Crippen LogP contribution is 2.27. The lowest BCUT2D eigenvalue weighted by Crippen LogP contribution is -2.24. The zero-order valence-electron chi connectivity index (χ0n) is 13.9. The molecular weight excluding hydrogens is 326 g/mol. The maximum Gasteiger partial charge on any atom is 0.261 e. The van der Waals surface area contributed by atoms with Crippen molar-refractivity contribution in [1.29, 1.82) is 0 Å². The first-order valence-corrected chi connectivity index (χ1v) is 7.39. The van der Waals surface area contributed by atoms with E-state index < -0.39 is 5.91 Å². The van der Waals surface area contributed by atoms with Gasteiger partial charge >= 0.3 is 0 Å². The number of hydrogen-bond donors (Lipinski definition) is 2. The lowest BCUT2D eigenvalue weighted by molar-refractivity contribution is -0.122. The minimum absolute atomic E-state index is 0.0827. The van der Waals surface area contributed by atoms with Crippen LogP contribution >= 0.6 is 0 Å². The lowest BCUT2D eigenvalue weighted by atomic mass is 10.2. The predicted octanol–water partition coefficient (Wildman–Crippen LogP) is 0.215. The minimum Gasteiger partial charge on any atom is -0.493 e. The highest BCUT2D eigenvalue weighted by molar-refractivity contribution is 5.83. The number of carbonyl (C=O) groups excluding carboxylic acids is 2. The second-order valence-electron chi connectivity index (χ2n) is 5.09. The fourth-order valence-electron chi connectivity index (χ4n) is 1.95. The third-order valence-corrected chi connectivity index (χ3v) is 3.18. The molecule has 0 atom stereocenters. The van der Waals surface area contributed by atoms with Crippen LogP contribution in [0.15, 0.2) is 35.6 Å². The van der Waals surface area contributed by atoms with Crippen LogP contribution in [0.25, 0.3) is 0 Å². The van der Waals surface area contributed by atoms with Crippen LogP contribution in [0, 0.1) is 6.92 Å². The molecule has 1 aromatic heterocycles. The Kier molecular flexibility index (Phi) is 6.10. The van der Waals surface area contributed by atoms with Gasteiger partial charge in [0.2, 0.25) is 0 Å². The minimum atomic E-state index is -0.581. The molecule has 2 amide bonds. The number of benzene rings is 1. The number of rotatable bonds is 8. The first kappa shape index (κ1) is 18.0. The summed E-state index contributed by atoms with van der Waals surface area (Å²) in [5, 5.41) is 7.92. The molecular formula is C16H19N5O4. The van der Waals surface area contributed by atoms with Crippen molar-refractivity contribution in [1.82, 2.24) is 15.2 Å². The summed E-state index contributed by atoms with van der Waals surface area (Å²) in [5.41, 5.74) is 9.03. The van der Waals surface area contributed by atoms with Gasteiger partial charge < -0.3 is 15.2 Å². The largest absolute Gasteiger partial charge is 0.493 e. The van der Waals surface area contributed by atoms with Gasteiger partial charge in [0.15, 0.2) is 18.1 Å². The number of hydrazone groups is 1. The molecule has 0 spiro atoms. The van der Waals surface area contributed by atoms with Crippen LogP contribution in [-0.4, -0.2) is 41.5 Å². The maximum absolute atomic E-state index is 11.8. The number of hydrogen-bond acceptors (Lipinski definition) is 6. The summed E-state index contributed by atoms with van der Waals surface area (Å²) < 4.78 is 12.0. The number of methoxy groups -OCH3 is 1. The Balaban J connectivity index is 1.95. The maximum atomic E-state index is 11.8. The molecule has 0 radical (unpaired) electrons. The van der Waals surface area contributed by atoms with Crippen LogP contribution < -0.4 is 20.6 Å². The van der Waals surface area contributed by atoms with Crippen LogP contribution in [-0.2, 0) is 16.1 Å². The van der Waals surface area contributed by atoms with Gasteiger partial charge in [-0.25, -0.2) is 5.43 Å². The number of carbonyl (C=O) groups is 2. The van der Waals surface area contributed by atoms with E-state index in [0.717, 1.165) is 5.69 Å². The average molecular weight is 345 g/mol. The molecule has 0 saturated carbocycles. The van der Waals surface area contributed by atoms with Crippen molar-refractivity contribution in [3.63, 3.8) is 0 Å². The van der Waals surface area contributed by atoms with E-state index in [2.05, 4.69) is 15.6 Å². The summed E-state index contributed by atoms with van der Waals surface area (Å²) in [6, 6.07) is 6.79. The number of nitrogens with two attached hydrogens (primary N) is 1. The number of primary amides is 1. The van der Waals surface area contributed by atoms with Crippen molar-refractivity contribution in [3.05, 3.63) is 41.7 Å². The molecule has 0 saturated heterocycles. The lowest BCUT2D eigenvalue weighted by Gasteiger charge is -2.09. The standard InChI is InChI=1S/C16H19N5O4/c1-11-5-6-19-21(11)9-16(23)20-18-8-12-3-4-13(14(7-12)24-2)25-10-15(17)22/h3-8H,9-10H2,1-2H3,(H2,17,22)(H,20,23). The van der Waals surface area contributed by atoms with E-state index in [1.54, 1.807) is 29.1 Å². The van der Waals surface area contributed by atoms with Gasteiger partial charge in [0, 0.05) is 11.9 Å². The van der Waals surface area contributed by atoms with E-state index in [0.29, 0.717) is 17.1 Å². The van der Waals surface area contributed by atoms with Crippen LogP contribution in [0.4, 0.5) is 0 Å². The molecule has 0 unspecified atom stereocenters. The van der Waals surface area contributed by atoms with Crippen LogP contribution in [0.3, 0.4) is 0 Å². The molecule has 0 bridgehead atoms. The summed E-state index contributed by atoms with van der Waals surface area (Å²) in [4.78, 5) is 22.6. The summed E-state index contributed by atoms with van der Waals surface area (Å²) >= 11 is 0. The van der Waals surface area contributed by atoms with E-state index in [4.69, 9.17) is 15.2 Å². The highest BCUT2D eigenvalue weighted by Gasteiger charge is 2.07. The zero-order chi connectivity index (χ0) is 18.2. The predicted molar refractivity (Wildman–Crippen MR) is 90.4 cm³/mol. The van der Waals surface area contributed by atoms with Gasteiger partial charge in [-0.05, 0) is 36.8 Å². The Hall–Kier alpha value is -3.36. The fraction of sp³-hybridized carbons (Fsp3) is 0.250. The SMILES string of the molecule is COc1cc(C=NNC(=O)Cn2nccc2C)ccc1OCC(N)=O. The molecule has 132 valence electrons. The third kappa shape index (κ3) is 5.34. The third-order valence-electron chi connectivity index (χ3n) is 3.18. The molecule has 0 aliphatic rings. The Bertz CT molecular complexity index is 785. The number of aromatic nitrogens is 2. The van der Waals surface area contributed by atoms with E-state index in [-0.39, 0.29) is 19.1 Å². The Labute approximate surface area is 144 Å². The summed E-state index contributed by atoms with van der Waals surface area (Å²) in [5.74, 6) is -0.0698. The van der Waals surface area contributed by atoms with Gasteiger partial charge in [-0.1, -0.05) is 0 Å². The van der Waals surface area contributed by atoms with Crippen molar-refractivity contribution in [2.75, 3.05) is 13.7 Å². The molecule has 25 heavy (non-hydrogen) atoms. The van der Waals surface area contributed by atoms with Crippen LogP contribution in [0.1, 0.15) is 11.3 Å². The summed E-state index contributed by atoms with van der Waals surface area (Å²) in [6.45, 7) is 1.70. The zero-order valence-corrected chi connectivity index (χ0v) is 13.9. The molecule has 0 fully saturated rings. The van der Waals surface area contributed by atoms with Gasteiger partial charge in [-0.15, -0.1) is 0 Å². The molecule has 9 heteroatoms. The number of ether oxygens (including phenoxy) is 2. The first-order chi connectivity index (χ1) is 12.0. The second kappa shape index (κ2) is 8.48. The van der Waals surface area contributed by atoms with E-state index >= 15 is 0 Å². The normalized spacial score (nSPS) is 10.6. The van der Waals surface area contributed by atoms with Crippen molar-refractivity contribution in [2.24, 2.45) is 10.8 Å². The van der Waals surface area contributed by atoms with Gasteiger partial charge in [0.1, 0.15) is 6.54 Å². The molecule has 2 aromatic rings. The smallest absolute Gasteiger partial charge is 0.261 e. The molecule has 9 nitrogen and oxygen atoms in total. The average Bonchev–Trinajstić information content (AvgIpc) is 2.98. The number of nitrogens with one attached hydrogen (secondary N) is 1. The van der Waals surface area contributed by atoms with Crippen LogP contribution in [0.5, 0.6) is 11.5 Å². The van der Waals surface area contributed by atoms with Gasteiger partial charge in [0.25, 0.3) is 11.8 Å². The Morgan fingerprint density at radius 3 is 2.80 bits per heavy atom. The topological polar surface area (TPSA) is 121 Å². The van der Waals surface area contributed by atoms with Crippen LogP contribution in [0.2, 0.25) is 0 Å². The summed E-state index contributed by atoms with van der Waals surface area (Å²) in [6.07, 6.45) is 3.09. The van der Waals surface area contributed by atoms with Crippen molar-refractivity contribution >= 4 is 18.0 Å². The molecule has 1 aromatic carbocycles. The number of aryl methyl sites for hydroxylation is 1. The van der Waals surface area contributed by atoms with E-state index in [1.165, 1.54) is 13.3 Å². The van der Waals surface area contributed by atoms with Crippen molar-refractivity contribution < 1.29 is 19.1 Å². The van der Waals surface area contributed by atoms with Crippen molar-refractivity contribution in [3.8, 4) is 11.5 Å². The van der Waals surface area contributed by atoms with Gasteiger partial charge in [0.05, 0.1) is 13.3 Å². The monoisotopic (exact) mass is 345 g/mol. The molecule has 0 aliphatic heterocycles. The highest BCUT2D eigenvalue weighted by atomic mass is 16.5. The second-order valence-corrected chi connectivity index (χ2v) is 5.09. The number of nitrogens with zero attached hydrogens (tertiary/aromatic N) is 3. The van der Waals surface area contributed by atoms with Gasteiger partial charge in [-0.2, -0.15) is 10.2 Å². The Morgan fingerprint density at radius 2 is 2.16 bits per heavy atom. The molecule has 3 N–H and O–H groups in total. The number of amides is 2. The van der Waals surface area contributed by atoms with E-state index in [1.807, 2.05) is 13.0 Å². The quantitative estimate of drug-likeness (QED) is 0.523. The molecule has 2 rings (SSSR count). The molecule has 0 aliphatic carbocycles.